The van der Waals surface area contributed by atoms with Crippen molar-refractivity contribution in [3.8, 4) is 0 Å². The molecule has 2 fully saturated rings. The van der Waals surface area contributed by atoms with Gasteiger partial charge < -0.3 is 9.47 Å². The minimum absolute atomic E-state index is 0.242. The lowest BCUT2D eigenvalue weighted by Crippen LogP contribution is -2.26. The number of hydrogen-bond acceptors (Lipinski definition) is 2. The topological polar surface area (TPSA) is 18.5 Å². The Hall–Kier alpha value is -0.600. The van der Waals surface area contributed by atoms with E-state index in [1.165, 1.54) is 0 Å². The lowest BCUT2D eigenvalue weighted by molar-refractivity contribution is -0.0465. The van der Waals surface area contributed by atoms with Gasteiger partial charge in [0, 0.05) is 0 Å². The van der Waals surface area contributed by atoms with Crippen molar-refractivity contribution in [3.05, 3.63) is 25.3 Å². The van der Waals surface area contributed by atoms with E-state index in [1.54, 1.807) is 0 Å². The van der Waals surface area contributed by atoms with Gasteiger partial charge in [-0.05, 0) is 25.7 Å². The molecule has 0 aliphatic carbocycles. The largest absolute Gasteiger partial charge is 0.368 e. The number of hydrogen-bond donors (Lipinski definition) is 0. The van der Waals surface area contributed by atoms with Crippen molar-refractivity contribution in [2.75, 3.05) is 0 Å². The van der Waals surface area contributed by atoms with Gasteiger partial charge in [0.15, 0.2) is 0 Å². The molecular formula is C12H18O2. The van der Waals surface area contributed by atoms with Gasteiger partial charge >= 0.3 is 0 Å². The Morgan fingerprint density at radius 1 is 0.786 bits per heavy atom. The molecule has 0 aromatic carbocycles. The predicted molar refractivity (Wildman–Crippen MR) is 56.2 cm³/mol. The van der Waals surface area contributed by atoms with E-state index in [2.05, 4.69) is 13.2 Å². The highest BCUT2D eigenvalue weighted by atomic mass is 16.6. The van der Waals surface area contributed by atoms with E-state index < -0.39 is 0 Å². The minimum atomic E-state index is 0.242. The molecule has 0 bridgehead atoms. The molecule has 14 heavy (non-hydrogen) atoms. The molecule has 4 atom stereocenters. The van der Waals surface area contributed by atoms with Gasteiger partial charge in [-0.25, -0.2) is 0 Å². The Labute approximate surface area is 85.6 Å². The SMILES string of the molecule is C=C[C@@H]1CC[C@@H]([C@H]2CC[C@@H](C=C)O2)O1. The van der Waals surface area contributed by atoms with Crippen molar-refractivity contribution in [1.82, 2.24) is 0 Å². The molecule has 2 rings (SSSR count). The standard InChI is InChI=1S/C12H18O2/c1-3-9-5-7-11(13-9)12-8-6-10(4-2)14-12/h3-4,9-12H,1-2,5-8H2/t9-,10-,11-,12+/m1/s1. The Morgan fingerprint density at radius 2 is 1.21 bits per heavy atom. The van der Waals surface area contributed by atoms with Gasteiger partial charge in [0.05, 0.1) is 24.4 Å². The summed E-state index contributed by atoms with van der Waals surface area (Å²) in [4.78, 5) is 0. The number of rotatable bonds is 3. The summed E-state index contributed by atoms with van der Waals surface area (Å²) in [6.07, 6.45) is 9.21. The van der Waals surface area contributed by atoms with Crippen molar-refractivity contribution < 1.29 is 9.47 Å². The second-order valence-corrected chi connectivity index (χ2v) is 4.05. The molecule has 2 saturated heterocycles. The third kappa shape index (κ3) is 1.91. The molecule has 0 spiro atoms. The maximum absolute atomic E-state index is 5.81. The molecule has 0 aromatic heterocycles. The van der Waals surface area contributed by atoms with Crippen molar-refractivity contribution in [3.63, 3.8) is 0 Å². The predicted octanol–water partition coefficient (Wildman–Crippen LogP) is 2.45. The van der Waals surface area contributed by atoms with Crippen molar-refractivity contribution in [2.24, 2.45) is 0 Å². The third-order valence-electron chi connectivity index (χ3n) is 3.11. The van der Waals surface area contributed by atoms with E-state index in [9.17, 15) is 0 Å². The van der Waals surface area contributed by atoms with Crippen LogP contribution in [0.3, 0.4) is 0 Å². The van der Waals surface area contributed by atoms with Gasteiger partial charge in [-0.2, -0.15) is 0 Å². The molecule has 2 heteroatoms. The minimum Gasteiger partial charge on any atom is -0.368 e. The fraction of sp³-hybridized carbons (Fsp3) is 0.667. The van der Waals surface area contributed by atoms with Crippen LogP contribution in [-0.2, 0) is 9.47 Å². The molecule has 0 aromatic rings. The third-order valence-corrected chi connectivity index (χ3v) is 3.11. The monoisotopic (exact) mass is 194 g/mol. The smallest absolute Gasteiger partial charge is 0.0846 e. The first-order chi connectivity index (χ1) is 6.83. The van der Waals surface area contributed by atoms with E-state index in [4.69, 9.17) is 9.47 Å². The van der Waals surface area contributed by atoms with Crippen LogP contribution in [0.1, 0.15) is 25.7 Å². The van der Waals surface area contributed by atoms with E-state index in [0.29, 0.717) is 0 Å². The van der Waals surface area contributed by atoms with Crippen LogP contribution in [0.25, 0.3) is 0 Å². The highest BCUT2D eigenvalue weighted by Crippen LogP contribution is 2.31. The zero-order valence-corrected chi connectivity index (χ0v) is 8.52. The van der Waals surface area contributed by atoms with Gasteiger partial charge in [-0.15, -0.1) is 13.2 Å². The van der Waals surface area contributed by atoms with Crippen LogP contribution in [0.4, 0.5) is 0 Å². The maximum atomic E-state index is 5.81. The van der Waals surface area contributed by atoms with Crippen LogP contribution in [0.5, 0.6) is 0 Å². The zero-order valence-electron chi connectivity index (χ0n) is 8.52. The molecule has 0 saturated carbocycles. The average Bonchev–Trinajstić information content (AvgIpc) is 2.86. The zero-order chi connectivity index (χ0) is 9.97. The van der Waals surface area contributed by atoms with Crippen molar-refractivity contribution in [2.45, 2.75) is 50.1 Å². The first-order valence-corrected chi connectivity index (χ1v) is 5.39. The van der Waals surface area contributed by atoms with Gasteiger partial charge in [-0.3, -0.25) is 0 Å². The molecule has 0 N–H and O–H groups in total. The second-order valence-electron chi connectivity index (χ2n) is 4.05. The fourth-order valence-corrected chi connectivity index (χ4v) is 2.27. The van der Waals surface area contributed by atoms with Crippen molar-refractivity contribution in [1.29, 1.82) is 0 Å². The summed E-state index contributed by atoms with van der Waals surface area (Å²) >= 11 is 0. The summed E-state index contributed by atoms with van der Waals surface area (Å²) in [5, 5.41) is 0. The summed E-state index contributed by atoms with van der Waals surface area (Å²) in [7, 11) is 0. The van der Waals surface area contributed by atoms with Crippen LogP contribution in [-0.4, -0.2) is 24.4 Å². The molecule has 2 nitrogen and oxygen atoms in total. The van der Waals surface area contributed by atoms with Gasteiger partial charge in [0.25, 0.3) is 0 Å². The van der Waals surface area contributed by atoms with Gasteiger partial charge in [-0.1, -0.05) is 12.2 Å². The molecule has 78 valence electrons. The lowest BCUT2D eigenvalue weighted by atomic mass is 10.1. The lowest BCUT2D eigenvalue weighted by Gasteiger charge is -2.18. The van der Waals surface area contributed by atoms with Crippen LogP contribution in [0.15, 0.2) is 25.3 Å². The molecular weight excluding hydrogens is 176 g/mol. The maximum Gasteiger partial charge on any atom is 0.0846 e. The Kier molecular flexibility index (Phi) is 3.04. The molecule has 0 radical (unpaired) electrons. The van der Waals surface area contributed by atoms with Gasteiger partial charge in [0.2, 0.25) is 0 Å². The Balaban J connectivity index is 1.85. The first-order valence-electron chi connectivity index (χ1n) is 5.39. The summed E-state index contributed by atoms with van der Waals surface area (Å²) in [5.41, 5.74) is 0. The second kappa shape index (κ2) is 4.28. The van der Waals surface area contributed by atoms with Crippen LogP contribution >= 0.6 is 0 Å². The van der Waals surface area contributed by atoms with Crippen LogP contribution < -0.4 is 0 Å². The van der Waals surface area contributed by atoms with Crippen molar-refractivity contribution >= 4 is 0 Å². The normalized spacial score (nSPS) is 42.6. The first kappa shape index (κ1) is 9.94. The summed E-state index contributed by atoms with van der Waals surface area (Å²) in [6, 6.07) is 0. The van der Waals surface area contributed by atoms with Crippen LogP contribution in [0, 0.1) is 0 Å². The molecule has 2 aliphatic rings. The summed E-state index contributed by atoms with van der Waals surface area (Å²) in [6.45, 7) is 7.51. The quantitative estimate of drug-likeness (QED) is 0.642. The highest BCUT2D eigenvalue weighted by Gasteiger charge is 2.35. The molecule has 2 aliphatic heterocycles. The Morgan fingerprint density at radius 3 is 1.50 bits per heavy atom. The van der Waals surface area contributed by atoms with Gasteiger partial charge in [0.1, 0.15) is 0 Å². The van der Waals surface area contributed by atoms with E-state index in [1.807, 2.05) is 12.2 Å². The van der Waals surface area contributed by atoms with E-state index in [0.717, 1.165) is 25.7 Å². The fourth-order valence-electron chi connectivity index (χ4n) is 2.27. The van der Waals surface area contributed by atoms with Crippen LogP contribution in [0.2, 0.25) is 0 Å². The highest BCUT2D eigenvalue weighted by molar-refractivity contribution is 4.94. The van der Waals surface area contributed by atoms with E-state index >= 15 is 0 Å². The van der Waals surface area contributed by atoms with E-state index in [-0.39, 0.29) is 24.4 Å². The number of ether oxygens (including phenoxy) is 2. The summed E-state index contributed by atoms with van der Waals surface area (Å²) < 4.78 is 11.6. The average molecular weight is 194 g/mol. The molecule has 0 unspecified atom stereocenters. The Bertz CT molecular complexity index is 200. The summed E-state index contributed by atoms with van der Waals surface area (Å²) in [5.74, 6) is 0. The molecule has 0 amide bonds. The molecule has 2 heterocycles.